The average Bonchev–Trinajstić information content (AvgIpc) is 2.74. The van der Waals surface area contributed by atoms with Crippen LogP contribution in [0.1, 0.15) is 37.6 Å². The predicted molar refractivity (Wildman–Crippen MR) is 64.2 cm³/mol. The number of rotatable bonds is 3. The van der Waals surface area contributed by atoms with E-state index in [2.05, 4.69) is 18.1 Å². The van der Waals surface area contributed by atoms with E-state index < -0.39 is 0 Å². The average molecular weight is 222 g/mol. The third-order valence-corrected chi connectivity index (χ3v) is 3.94. The Kier molecular flexibility index (Phi) is 3.33. The molecule has 90 valence electrons. The second-order valence-electron chi connectivity index (χ2n) is 5.24. The fourth-order valence-electron chi connectivity index (χ4n) is 2.97. The van der Waals surface area contributed by atoms with E-state index in [1.54, 1.807) is 0 Å². The molecule has 1 heterocycles. The first-order valence-corrected chi connectivity index (χ1v) is 6.25. The van der Waals surface area contributed by atoms with Gasteiger partial charge in [0.1, 0.15) is 0 Å². The molecule has 3 unspecified atom stereocenters. The summed E-state index contributed by atoms with van der Waals surface area (Å²) < 4.78 is 1.89. The topological polar surface area (TPSA) is 38.0 Å². The van der Waals surface area contributed by atoms with Crippen molar-refractivity contribution < 1.29 is 5.11 Å². The number of hydrogen-bond donors (Lipinski definition) is 1. The van der Waals surface area contributed by atoms with E-state index in [1.807, 2.05) is 18.7 Å². The van der Waals surface area contributed by atoms with E-state index in [1.165, 1.54) is 19.3 Å². The Morgan fingerprint density at radius 2 is 2.31 bits per heavy atom. The van der Waals surface area contributed by atoms with Crippen molar-refractivity contribution in [2.24, 2.45) is 18.9 Å². The Bertz CT molecular complexity index is 359. The van der Waals surface area contributed by atoms with Gasteiger partial charge in [0.15, 0.2) is 0 Å². The van der Waals surface area contributed by atoms with Gasteiger partial charge in [-0.25, -0.2) is 0 Å². The first kappa shape index (κ1) is 11.6. The van der Waals surface area contributed by atoms with E-state index >= 15 is 0 Å². The lowest BCUT2D eigenvalue weighted by Gasteiger charge is -2.22. The molecule has 0 aromatic carbocycles. The van der Waals surface area contributed by atoms with Crippen molar-refractivity contribution in [3.05, 3.63) is 17.5 Å². The number of nitrogens with zero attached hydrogens (tertiary/aromatic N) is 2. The van der Waals surface area contributed by atoms with Crippen LogP contribution in [-0.2, 0) is 13.5 Å². The van der Waals surface area contributed by atoms with Crippen molar-refractivity contribution in [3.8, 4) is 0 Å². The van der Waals surface area contributed by atoms with Gasteiger partial charge < -0.3 is 5.11 Å². The van der Waals surface area contributed by atoms with Crippen LogP contribution >= 0.6 is 0 Å². The van der Waals surface area contributed by atoms with Crippen molar-refractivity contribution in [1.82, 2.24) is 9.78 Å². The molecule has 1 fully saturated rings. The minimum absolute atomic E-state index is 0.202. The van der Waals surface area contributed by atoms with Crippen molar-refractivity contribution >= 4 is 0 Å². The third kappa shape index (κ3) is 2.29. The number of aliphatic hydroxyl groups is 1. The molecule has 3 atom stereocenters. The summed E-state index contributed by atoms with van der Waals surface area (Å²) in [7, 11) is 1.95. The van der Waals surface area contributed by atoms with Gasteiger partial charge in [-0.2, -0.15) is 5.10 Å². The zero-order valence-corrected chi connectivity index (χ0v) is 10.5. The molecular weight excluding hydrogens is 200 g/mol. The second kappa shape index (κ2) is 4.58. The van der Waals surface area contributed by atoms with Gasteiger partial charge in [0.05, 0.1) is 11.8 Å². The Labute approximate surface area is 97.5 Å². The van der Waals surface area contributed by atoms with Crippen LogP contribution in [0.4, 0.5) is 0 Å². The lowest BCUT2D eigenvalue weighted by molar-refractivity contribution is 0.0884. The SMILES string of the molecule is Cc1cc(CC(O)C2CCCC2C)n(C)n1. The molecule has 16 heavy (non-hydrogen) atoms. The Morgan fingerprint density at radius 3 is 2.81 bits per heavy atom. The molecule has 1 aliphatic rings. The minimum atomic E-state index is -0.202. The molecule has 1 aromatic heterocycles. The fraction of sp³-hybridized carbons (Fsp3) is 0.769. The standard InChI is InChI=1S/C13H22N2O/c1-9-5-4-6-12(9)13(16)8-11-7-10(2)14-15(11)3/h7,9,12-13,16H,4-6,8H2,1-3H3. The first-order chi connectivity index (χ1) is 7.58. The summed E-state index contributed by atoms with van der Waals surface area (Å²) in [6.45, 7) is 4.25. The van der Waals surface area contributed by atoms with Crippen LogP contribution in [0.2, 0.25) is 0 Å². The molecule has 3 heteroatoms. The van der Waals surface area contributed by atoms with Gasteiger partial charge in [-0.05, 0) is 31.2 Å². The summed E-state index contributed by atoms with van der Waals surface area (Å²) in [5.41, 5.74) is 2.17. The molecule has 1 N–H and O–H groups in total. The Morgan fingerprint density at radius 1 is 1.56 bits per heavy atom. The molecule has 3 nitrogen and oxygen atoms in total. The monoisotopic (exact) mass is 222 g/mol. The van der Waals surface area contributed by atoms with Crippen LogP contribution in [0.25, 0.3) is 0 Å². The van der Waals surface area contributed by atoms with Crippen LogP contribution in [0.5, 0.6) is 0 Å². The van der Waals surface area contributed by atoms with Gasteiger partial charge in [0.25, 0.3) is 0 Å². The highest BCUT2D eigenvalue weighted by molar-refractivity contribution is 5.10. The lowest BCUT2D eigenvalue weighted by atomic mass is 9.90. The second-order valence-corrected chi connectivity index (χ2v) is 5.24. The maximum atomic E-state index is 10.3. The molecular formula is C13H22N2O. The Hall–Kier alpha value is -0.830. The summed E-state index contributed by atoms with van der Waals surface area (Å²) in [6.07, 6.45) is 4.26. The normalized spacial score (nSPS) is 27.2. The van der Waals surface area contributed by atoms with Gasteiger partial charge in [0, 0.05) is 19.2 Å². The summed E-state index contributed by atoms with van der Waals surface area (Å²) >= 11 is 0. The van der Waals surface area contributed by atoms with Gasteiger partial charge in [-0.15, -0.1) is 0 Å². The Balaban J connectivity index is 2.01. The minimum Gasteiger partial charge on any atom is -0.392 e. The zero-order valence-electron chi connectivity index (χ0n) is 10.5. The van der Waals surface area contributed by atoms with Crippen molar-refractivity contribution in [3.63, 3.8) is 0 Å². The lowest BCUT2D eigenvalue weighted by Crippen LogP contribution is -2.25. The first-order valence-electron chi connectivity index (χ1n) is 6.25. The van der Waals surface area contributed by atoms with E-state index in [0.717, 1.165) is 17.8 Å². The van der Waals surface area contributed by atoms with Crippen molar-refractivity contribution in [2.75, 3.05) is 0 Å². The van der Waals surface area contributed by atoms with Gasteiger partial charge in [-0.3, -0.25) is 4.68 Å². The molecule has 0 amide bonds. The van der Waals surface area contributed by atoms with Crippen LogP contribution < -0.4 is 0 Å². The quantitative estimate of drug-likeness (QED) is 0.850. The fourth-order valence-corrected chi connectivity index (χ4v) is 2.97. The van der Waals surface area contributed by atoms with E-state index in [-0.39, 0.29) is 6.10 Å². The summed E-state index contributed by atoms with van der Waals surface area (Å²) in [4.78, 5) is 0. The number of hydrogen-bond acceptors (Lipinski definition) is 2. The molecule has 1 aliphatic carbocycles. The maximum absolute atomic E-state index is 10.3. The van der Waals surface area contributed by atoms with Gasteiger partial charge in [-0.1, -0.05) is 19.8 Å². The smallest absolute Gasteiger partial charge is 0.0626 e. The van der Waals surface area contributed by atoms with Crippen LogP contribution in [0.15, 0.2) is 6.07 Å². The van der Waals surface area contributed by atoms with Crippen molar-refractivity contribution in [2.45, 2.75) is 45.6 Å². The van der Waals surface area contributed by atoms with Crippen LogP contribution in [0, 0.1) is 18.8 Å². The van der Waals surface area contributed by atoms with Crippen LogP contribution in [0.3, 0.4) is 0 Å². The number of aryl methyl sites for hydroxylation is 2. The zero-order chi connectivity index (χ0) is 11.7. The largest absolute Gasteiger partial charge is 0.392 e. The van der Waals surface area contributed by atoms with Crippen molar-refractivity contribution in [1.29, 1.82) is 0 Å². The molecule has 1 aromatic rings. The summed E-state index contributed by atoms with van der Waals surface area (Å²) in [5, 5.41) is 14.6. The van der Waals surface area contributed by atoms with E-state index in [4.69, 9.17) is 0 Å². The molecule has 0 spiro atoms. The summed E-state index contributed by atoms with van der Waals surface area (Å²) in [5.74, 6) is 1.15. The molecule has 1 saturated carbocycles. The molecule has 0 saturated heterocycles. The van der Waals surface area contributed by atoms with E-state index in [0.29, 0.717) is 11.8 Å². The van der Waals surface area contributed by atoms with Gasteiger partial charge in [0.2, 0.25) is 0 Å². The molecule has 0 radical (unpaired) electrons. The molecule has 0 aliphatic heterocycles. The molecule has 0 bridgehead atoms. The predicted octanol–water partition coefficient (Wildman–Crippen LogP) is 2.07. The number of aliphatic hydroxyl groups excluding tert-OH is 1. The highest BCUT2D eigenvalue weighted by atomic mass is 16.3. The van der Waals surface area contributed by atoms with Crippen LogP contribution in [-0.4, -0.2) is 21.0 Å². The highest BCUT2D eigenvalue weighted by Crippen LogP contribution is 2.34. The van der Waals surface area contributed by atoms with Gasteiger partial charge >= 0.3 is 0 Å². The van der Waals surface area contributed by atoms with E-state index in [9.17, 15) is 5.11 Å². The highest BCUT2D eigenvalue weighted by Gasteiger charge is 2.30. The number of aromatic nitrogens is 2. The summed E-state index contributed by atoms with van der Waals surface area (Å²) in [6, 6.07) is 2.07. The third-order valence-electron chi connectivity index (χ3n) is 3.94. The maximum Gasteiger partial charge on any atom is 0.0626 e. The molecule has 2 rings (SSSR count).